The molecule has 3 aliphatic carbocycles. The summed E-state index contributed by atoms with van der Waals surface area (Å²) in [6.07, 6.45) is 8.04. The minimum Gasteiger partial charge on any atom is -0.351 e. The van der Waals surface area contributed by atoms with Crippen molar-refractivity contribution in [3.05, 3.63) is 106 Å². The zero-order valence-electron chi connectivity index (χ0n) is 58.0. The van der Waals surface area contributed by atoms with Crippen LogP contribution in [0.2, 0.25) is 0 Å². The minimum atomic E-state index is -0.870. The van der Waals surface area contributed by atoms with Crippen LogP contribution in [0.3, 0.4) is 0 Å². The van der Waals surface area contributed by atoms with Gasteiger partial charge >= 0.3 is 0 Å². The molecule has 97 heavy (non-hydrogen) atoms. The summed E-state index contributed by atoms with van der Waals surface area (Å²) in [7, 11) is 0. The fourth-order valence-electron chi connectivity index (χ4n) is 19.6. The van der Waals surface area contributed by atoms with Crippen LogP contribution in [0.15, 0.2) is 72.8 Å². The second-order valence-electron chi connectivity index (χ2n) is 31.5. The van der Waals surface area contributed by atoms with Crippen LogP contribution in [0.25, 0.3) is 0 Å². The molecule has 0 radical (unpaired) electrons. The Morgan fingerprint density at radius 3 is 0.948 bits per heavy atom. The van der Waals surface area contributed by atoms with Crippen molar-refractivity contribution in [2.45, 2.75) is 231 Å². The van der Waals surface area contributed by atoms with Gasteiger partial charge in [-0.1, -0.05) is 77.9 Å². The lowest BCUT2D eigenvalue weighted by atomic mass is 9.58. The standard InChI is InChI=1S/C75H102N4O18/c1-43-10-25-58-46(4)64(86-67-73(58)55(43)28-31-70(7,89-67)92-95-73)83-40-49-13-19-52(20-14-49)61(80)76-34-37-79(38-35-77-62(81)53-21-15-50(16-22-53)41-84-65-47(5)59-26-11-44(2)56-29-32-71(8)90-68(87-65)74(56,59)96-93-71)39-36-78-63(82)54-23-17-51(18-24-54)42-85-66-48(6)60-27-12-45(3)57-30-33-72(9)91-69(88-66)75(57,60)97-94-72/h13-24,43-48,55-60,64-69H,10-12,25-42H2,1-9H3,(H,76,80)(H,77,81)(H,78,82)/t43-,44-,45-,46-,47-,48-,55?,56?,57?,58?,59?,60?,64+,65+,66+,67?,68?,69?,70-,71+,72+,73-,74-,75-/m1/s1. The van der Waals surface area contributed by atoms with Crippen LogP contribution in [-0.4, -0.2) is 134 Å². The molecule has 3 N–H and O–H groups in total. The van der Waals surface area contributed by atoms with Crippen LogP contribution in [0.5, 0.6) is 0 Å². The molecule has 6 bridgehead atoms. The molecule has 3 saturated carbocycles. The Bertz CT molecular complexity index is 2970. The van der Waals surface area contributed by atoms with E-state index in [1.807, 2.05) is 57.2 Å². The van der Waals surface area contributed by atoms with Gasteiger partial charge in [0.1, 0.15) is 0 Å². The van der Waals surface area contributed by atoms with Gasteiger partial charge in [0.05, 0.1) is 19.8 Å². The van der Waals surface area contributed by atoms with Crippen LogP contribution >= 0.6 is 0 Å². The van der Waals surface area contributed by atoms with Crippen molar-refractivity contribution < 1.29 is 86.3 Å². The van der Waals surface area contributed by atoms with Crippen LogP contribution < -0.4 is 16.0 Å². The summed E-state index contributed by atoms with van der Waals surface area (Å²) in [5.41, 5.74) is 2.25. The number of ether oxygens (including phenoxy) is 9. The highest BCUT2D eigenvalue weighted by Gasteiger charge is 2.73. The van der Waals surface area contributed by atoms with E-state index in [9.17, 15) is 14.4 Å². The van der Waals surface area contributed by atoms with Crippen molar-refractivity contribution in [3.8, 4) is 0 Å². The summed E-state index contributed by atoms with van der Waals surface area (Å²) in [6.45, 7) is 22.4. The Balaban J connectivity index is 0.545. The Kier molecular flexibility index (Phi) is 19.0. The van der Waals surface area contributed by atoms with Crippen LogP contribution in [0.4, 0.5) is 0 Å². The molecule has 3 aromatic rings. The number of nitrogens with one attached hydrogen (secondary N) is 3. The Hall–Kier alpha value is -4.57. The van der Waals surface area contributed by atoms with Gasteiger partial charge in [-0.3, -0.25) is 19.3 Å². The molecular weight excluding hydrogens is 1240 g/mol. The summed E-state index contributed by atoms with van der Waals surface area (Å²) in [5, 5.41) is 9.27. The fourth-order valence-corrected chi connectivity index (χ4v) is 19.6. The van der Waals surface area contributed by atoms with Gasteiger partial charge in [-0.15, -0.1) is 0 Å². The van der Waals surface area contributed by atoms with Crippen molar-refractivity contribution in [3.63, 3.8) is 0 Å². The van der Waals surface area contributed by atoms with Gasteiger partial charge in [0, 0.05) is 111 Å². The Morgan fingerprint density at radius 2 is 0.670 bits per heavy atom. The normalized spacial score (nSPS) is 42.9. The van der Waals surface area contributed by atoms with E-state index in [0.29, 0.717) is 93.5 Å². The van der Waals surface area contributed by atoms with Gasteiger partial charge in [-0.05, 0) is 167 Å². The number of amides is 3. The number of nitrogens with zero attached hydrogens (tertiary/aromatic N) is 1. The Morgan fingerprint density at radius 1 is 0.392 bits per heavy atom. The molecule has 530 valence electrons. The molecule has 12 aliphatic heterocycles. The van der Waals surface area contributed by atoms with Crippen molar-refractivity contribution in [2.24, 2.45) is 71.0 Å². The SMILES string of the molecule is C[C@@H]1CCC2[C@@H](C)[C@@H](OCc3ccc(C(=O)NCCN(CCNC(=O)c4ccc(CO[C@H]5OC6O[C@]7(C)CCC8[C@H](C)CCC([C@H]5C)[C@@]68OO7)cc4)CCNC(=O)c4ccc(CO[C@H]5OC6O[C@]7(C)CCC8[C@H](C)CCC([C@H]5C)[C@@]68OO7)cc4)cc3)OC3O[C@@]4(C)CCC1[C@]32OO4. The third-order valence-electron chi connectivity index (χ3n) is 25.3. The van der Waals surface area contributed by atoms with E-state index in [2.05, 4.69) is 62.4 Å². The predicted molar refractivity (Wildman–Crippen MR) is 348 cm³/mol. The molecule has 3 spiro atoms. The number of hydrogen-bond donors (Lipinski definition) is 3. The second kappa shape index (κ2) is 27.0. The first-order valence-corrected chi connectivity index (χ1v) is 36.5. The number of carbonyl (C=O) groups excluding carboxylic acids is 3. The molecular formula is C75H102N4O18. The highest BCUT2D eigenvalue weighted by molar-refractivity contribution is 5.95. The summed E-state index contributed by atoms with van der Waals surface area (Å²) in [5.74, 6) is -0.517. The fraction of sp³-hybridized carbons (Fsp3) is 0.720. The zero-order chi connectivity index (χ0) is 67.2. The molecule has 3 amide bonds. The number of hydrogen-bond acceptors (Lipinski definition) is 19. The molecule has 18 rings (SSSR count). The smallest absolute Gasteiger partial charge is 0.251 e. The molecule has 22 heteroatoms. The lowest BCUT2D eigenvalue weighted by molar-refractivity contribution is -0.577. The number of benzene rings is 3. The van der Waals surface area contributed by atoms with Crippen LogP contribution in [-0.2, 0) is 91.8 Å². The largest absolute Gasteiger partial charge is 0.351 e. The van der Waals surface area contributed by atoms with Crippen LogP contribution in [0.1, 0.15) is 187 Å². The number of fused-ring (bicyclic) bond motifs is 6. The molecule has 22 nitrogen and oxygen atoms in total. The molecule has 0 aromatic heterocycles. The lowest BCUT2D eigenvalue weighted by Crippen LogP contribution is -2.70. The maximum absolute atomic E-state index is 13.7. The van der Waals surface area contributed by atoms with Crippen molar-refractivity contribution >= 4 is 17.7 Å². The third kappa shape index (κ3) is 12.5. The number of rotatable bonds is 21. The van der Waals surface area contributed by atoms with Gasteiger partial charge in [-0.25, -0.2) is 29.3 Å². The predicted octanol–water partition coefficient (Wildman–Crippen LogP) is 10.8. The first-order valence-electron chi connectivity index (χ1n) is 36.5. The van der Waals surface area contributed by atoms with E-state index in [1.165, 1.54) is 0 Å². The van der Waals surface area contributed by atoms with E-state index in [0.717, 1.165) is 93.7 Å². The summed E-state index contributed by atoms with van der Waals surface area (Å²) >= 11 is 0. The Labute approximate surface area is 570 Å². The summed E-state index contributed by atoms with van der Waals surface area (Å²) in [6, 6.07) is 22.3. The van der Waals surface area contributed by atoms with Gasteiger partial charge in [-0.2, -0.15) is 0 Å². The maximum Gasteiger partial charge on any atom is 0.251 e. The second-order valence-corrected chi connectivity index (χ2v) is 31.5. The minimum absolute atomic E-state index is 0.0376. The quantitative estimate of drug-likeness (QED) is 0.0842. The molecule has 12 heterocycles. The van der Waals surface area contributed by atoms with Gasteiger partial charge in [0.25, 0.3) is 17.7 Å². The van der Waals surface area contributed by atoms with Crippen molar-refractivity contribution in [1.82, 2.24) is 20.9 Å². The average Bonchev–Trinajstić information content (AvgIpc) is 1.69. The van der Waals surface area contributed by atoms with Crippen LogP contribution in [0, 0.1) is 71.0 Å². The molecule has 3 aromatic carbocycles. The van der Waals surface area contributed by atoms with E-state index >= 15 is 0 Å². The average molecular weight is 1350 g/mol. The summed E-state index contributed by atoms with van der Waals surface area (Å²) < 4.78 is 59.1. The molecule has 15 aliphatic rings. The van der Waals surface area contributed by atoms with Gasteiger partial charge in [0.2, 0.25) is 17.4 Å². The van der Waals surface area contributed by atoms with E-state index in [-0.39, 0.29) is 71.0 Å². The molecule has 24 atom stereocenters. The highest BCUT2D eigenvalue weighted by atomic mass is 17.3. The molecule has 12 saturated heterocycles. The molecule has 9 unspecified atom stereocenters. The maximum atomic E-state index is 13.7. The van der Waals surface area contributed by atoms with Gasteiger partial charge < -0.3 is 58.6 Å². The van der Waals surface area contributed by atoms with Crippen molar-refractivity contribution in [2.75, 3.05) is 39.3 Å². The first kappa shape index (κ1) is 68.2. The van der Waals surface area contributed by atoms with E-state index in [1.54, 1.807) is 36.4 Å². The first-order chi connectivity index (χ1) is 46.7. The zero-order valence-corrected chi connectivity index (χ0v) is 58.0. The summed E-state index contributed by atoms with van der Waals surface area (Å²) in [4.78, 5) is 80.2. The van der Waals surface area contributed by atoms with Gasteiger partial charge in [0.15, 0.2) is 54.5 Å². The van der Waals surface area contributed by atoms with E-state index in [4.69, 9.17) is 72.0 Å². The van der Waals surface area contributed by atoms with Crippen molar-refractivity contribution in [1.29, 1.82) is 0 Å². The highest BCUT2D eigenvalue weighted by Crippen LogP contribution is 2.64. The monoisotopic (exact) mass is 1350 g/mol. The number of carbonyl (C=O) groups is 3. The van der Waals surface area contributed by atoms with E-state index < -0.39 is 71.9 Å². The topological polar surface area (TPSA) is 229 Å². The lowest BCUT2D eigenvalue weighted by Gasteiger charge is -2.60. The molecule has 15 fully saturated rings. The third-order valence-corrected chi connectivity index (χ3v) is 25.3.